The van der Waals surface area contributed by atoms with Crippen LogP contribution < -0.4 is 0 Å². The smallest absolute Gasteiger partial charge is 0.332 e. The Balaban J connectivity index is 4.31. The monoisotopic (exact) mass is 185 g/mol. The highest BCUT2D eigenvalue weighted by atomic mass is 16.6. The fourth-order valence-corrected chi connectivity index (χ4v) is 0.744. The molecule has 0 aromatic rings. The Labute approximate surface area is 78.0 Å². The van der Waals surface area contributed by atoms with Gasteiger partial charge in [-0.1, -0.05) is 6.92 Å². The van der Waals surface area contributed by atoms with Gasteiger partial charge in [-0.2, -0.15) is 4.99 Å². The molecule has 0 aliphatic carbocycles. The van der Waals surface area contributed by atoms with Gasteiger partial charge in [0.25, 0.3) is 0 Å². The third-order valence-electron chi connectivity index (χ3n) is 1.27. The van der Waals surface area contributed by atoms with Crippen LogP contribution in [0.2, 0.25) is 0 Å². The van der Waals surface area contributed by atoms with Gasteiger partial charge in [-0.15, -0.1) is 0 Å². The maximum Gasteiger partial charge on any atom is 0.332 e. The van der Waals surface area contributed by atoms with Crippen LogP contribution in [0.5, 0.6) is 0 Å². The Bertz CT molecular complexity index is 224. The van der Waals surface area contributed by atoms with Crippen molar-refractivity contribution in [2.24, 2.45) is 4.99 Å². The van der Waals surface area contributed by atoms with Crippen molar-refractivity contribution in [3.8, 4) is 0 Å². The van der Waals surface area contributed by atoms with E-state index < -0.39 is 17.6 Å². The molecular formula is C9H15NO3. The van der Waals surface area contributed by atoms with Crippen molar-refractivity contribution in [2.45, 2.75) is 45.8 Å². The van der Waals surface area contributed by atoms with E-state index in [0.717, 1.165) is 0 Å². The summed E-state index contributed by atoms with van der Waals surface area (Å²) >= 11 is 0. The molecule has 0 bridgehead atoms. The van der Waals surface area contributed by atoms with Crippen molar-refractivity contribution in [2.75, 3.05) is 0 Å². The molecule has 0 unspecified atom stereocenters. The van der Waals surface area contributed by atoms with E-state index in [-0.39, 0.29) is 0 Å². The molecule has 0 spiro atoms. The zero-order chi connectivity index (χ0) is 10.5. The second kappa shape index (κ2) is 4.77. The first-order valence-corrected chi connectivity index (χ1v) is 4.20. The standard InChI is InChI=1S/C9H15NO3/c1-5-7(10-6-11)8(12)13-9(2,3)4/h7H,5H2,1-4H3/t7-/m0/s1. The first-order chi connectivity index (χ1) is 5.90. The van der Waals surface area contributed by atoms with Gasteiger partial charge in [-0.3, -0.25) is 0 Å². The number of carbonyl (C=O) groups is 1. The highest BCUT2D eigenvalue weighted by Crippen LogP contribution is 2.10. The summed E-state index contributed by atoms with van der Waals surface area (Å²) in [6.07, 6.45) is 1.81. The molecule has 0 aliphatic rings. The summed E-state index contributed by atoms with van der Waals surface area (Å²) < 4.78 is 5.03. The minimum absolute atomic E-state index is 0.449. The molecule has 0 heterocycles. The van der Waals surface area contributed by atoms with Crippen LogP contribution in [0.4, 0.5) is 0 Å². The van der Waals surface area contributed by atoms with E-state index in [1.807, 2.05) is 0 Å². The Morgan fingerprint density at radius 1 is 1.54 bits per heavy atom. The van der Waals surface area contributed by atoms with E-state index in [1.165, 1.54) is 6.08 Å². The molecule has 0 rings (SSSR count). The van der Waals surface area contributed by atoms with Gasteiger partial charge >= 0.3 is 5.97 Å². The number of hydrogen-bond acceptors (Lipinski definition) is 4. The Morgan fingerprint density at radius 3 is 2.38 bits per heavy atom. The molecular weight excluding hydrogens is 170 g/mol. The zero-order valence-corrected chi connectivity index (χ0v) is 8.46. The van der Waals surface area contributed by atoms with E-state index >= 15 is 0 Å². The highest BCUT2D eigenvalue weighted by Gasteiger charge is 2.23. The van der Waals surface area contributed by atoms with Gasteiger partial charge in [-0.05, 0) is 27.2 Å². The first kappa shape index (κ1) is 11.8. The molecule has 4 heteroatoms. The highest BCUT2D eigenvalue weighted by molar-refractivity contribution is 5.77. The predicted octanol–water partition coefficient (Wildman–Crippen LogP) is 1.44. The van der Waals surface area contributed by atoms with Gasteiger partial charge in [0.15, 0.2) is 6.04 Å². The number of ether oxygens (including phenoxy) is 1. The Hall–Kier alpha value is -1.15. The van der Waals surface area contributed by atoms with Crippen LogP contribution in [-0.4, -0.2) is 23.7 Å². The number of carbonyl (C=O) groups excluding carboxylic acids is 2. The van der Waals surface area contributed by atoms with Gasteiger partial charge in [0, 0.05) is 0 Å². The first-order valence-electron chi connectivity index (χ1n) is 4.20. The van der Waals surface area contributed by atoms with Crippen molar-refractivity contribution < 1.29 is 14.3 Å². The van der Waals surface area contributed by atoms with Crippen LogP contribution in [0.3, 0.4) is 0 Å². The quantitative estimate of drug-likeness (QED) is 0.380. The third kappa shape index (κ3) is 5.15. The normalized spacial score (nSPS) is 12.9. The van der Waals surface area contributed by atoms with Crippen LogP contribution in [0.1, 0.15) is 34.1 Å². The van der Waals surface area contributed by atoms with Crippen LogP contribution >= 0.6 is 0 Å². The molecule has 0 saturated heterocycles. The molecule has 0 saturated carbocycles. The van der Waals surface area contributed by atoms with Crippen LogP contribution in [0, 0.1) is 0 Å². The second-order valence-corrected chi connectivity index (χ2v) is 3.68. The molecule has 0 radical (unpaired) electrons. The minimum Gasteiger partial charge on any atom is -0.458 e. The molecule has 1 atom stereocenters. The summed E-state index contributed by atoms with van der Waals surface area (Å²) in [4.78, 5) is 24.6. The molecule has 0 aliphatic heterocycles. The van der Waals surface area contributed by atoms with E-state index in [1.54, 1.807) is 27.7 Å². The molecule has 0 N–H and O–H groups in total. The van der Waals surface area contributed by atoms with Gasteiger partial charge < -0.3 is 4.74 Å². The van der Waals surface area contributed by atoms with Gasteiger partial charge in [0.1, 0.15) is 5.60 Å². The summed E-state index contributed by atoms with van der Waals surface area (Å²) in [5, 5.41) is 0. The van der Waals surface area contributed by atoms with Gasteiger partial charge in [-0.25, -0.2) is 9.59 Å². The predicted molar refractivity (Wildman–Crippen MR) is 48.0 cm³/mol. The lowest BCUT2D eigenvalue weighted by Crippen LogP contribution is -2.30. The lowest BCUT2D eigenvalue weighted by molar-refractivity contribution is -0.156. The summed E-state index contributed by atoms with van der Waals surface area (Å²) in [5.74, 6) is -0.474. The van der Waals surface area contributed by atoms with Crippen LogP contribution in [0.25, 0.3) is 0 Å². The van der Waals surface area contributed by atoms with E-state index in [9.17, 15) is 9.59 Å². The Morgan fingerprint density at radius 2 is 2.08 bits per heavy atom. The summed E-state index contributed by atoms with van der Waals surface area (Å²) in [6.45, 7) is 7.06. The molecule has 0 fully saturated rings. The minimum atomic E-state index is -0.711. The summed E-state index contributed by atoms with van der Waals surface area (Å²) in [6, 6.07) is -0.711. The molecule has 74 valence electrons. The number of nitrogens with zero attached hydrogens (tertiary/aromatic N) is 1. The van der Waals surface area contributed by atoms with Crippen molar-refractivity contribution in [1.29, 1.82) is 0 Å². The van der Waals surface area contributed by atoms with Crippen molar-refractivity contribution in [3.63, 3.8) is 0 Å². The summed E-state index contributed by atoms with van der Waals surface area (Å²) in [5.41, 5.74) is -0.539. The van der Waals surface area contributed by atoms with Crippen LogP contribution in [-0.2, 0) is 14.3 Å². The number of hydrogen-bond donors (Lipinski definition) is 0. The number of isocyanates is 1. The average molecular weight is 185 g/mol. The lowest BCUT2D eigenvalue weighted by Gasteiger charge is -2.21. The average Bonchev–Trinajstić information content (AvgIpc) is 1.96. The van der Waals surface area contributed by atoms with E-state index in [0.29, 0.717) is 6.42 Å². The molecule has 0 aromatic heterocycles. The van der Waals surface area contributed by atoms with E-state index in [4.69, 9.17) is 4.74 Å². The topological polar surface area (TPSA) is 55.7 Å². The van der Waals surface area contributed by atoms with Crippen molar-refractivity contribution >= 4 is 12.0 Å². The fourth-order valence-electron chi connectivity index (χ4n) is 0.744. The Kier molecular flexibility index (Phi) is 4.35. The fraction of sp³-hybridized carbons (Fsp3) is 0.778. The number of rotatable bonds is 3. The van der Waals surface area contributed by atoms with E-state index in [2.05, 4.69) is 4.99 Å². The summed E-state index contributed by atoms with van der Waals surface area (Å²) in [7, 11) is 0. The third-order valence-corrected chi connectivity index (χ3v) is 1.27. The molecule has 13 heavy (non-hydrogen) atoms. The van der Waals surface area contributed by atoms with Gasteiger partial charge in [0.05, 0.1) is 0 Å². The maximum absolute atomic E-state index is 11.3. The maximum atomic E-state index is 11.3. The lowest BCUT2D eigenvalue weighted by atomic mass is 10.2. The second-order valence-electron chi connectivity index (χ2n) is 3.68. The van der Waals surface area contributed by atoms with Crippen LogP contribution in [0.15, 0.2) is 4.99 Å². The largest absolute Gasteiger partial charge is 0.458 e. The number of aliphatic imine (C=N–C) groups is 1. The van der Waals surface area contributed by atoms with Crippen molar-refractivity contribution in [3.05, 3.63) is 0 Å². The van der Waals surface area contributed by atoms with Crippen molar-refractivity contribution in [1.82, 2.24) is 0 Å². The molecule has 0 amide bonds. The zero-order valence-electron chi connectivity index (χ0n) is 8.46. The van der Waals surface area contributed by atoms with Gasteiger partial charge in [0.2, 0.25) is 6.08 Å². The molecule has 0 aromatic carbocycles. The SMILES string of the molecule is CC[C@H](N=C=O)C(=O)OC(C)(C)C. The number of esters is 1. The molecule has 4 nitrogen and oxygen atoms in total.